The first-order valence-electron chi connectivity index (χ1n) is 6.02. The summed E-state index contributed by atoms with van der Waals surface area (Å²) >= 11 is 0. The predicted molar refractivity (Wildman–Crippen MR) is 76.3 cm³/mol. The van der Waals surface area contributed by atoms with Gasteiger partial charge in [0.2, 0.25) is 0 Å². The topological polar surface area (TPSA) is 65.9 Å². The van der Waals surface area contributed by atoms with Crippen LogP contribution >= 0.6 is 0 Å². The molecule has 3 N–H and O–H groups in total. The van der Waals surface area contributed by atoms with E-state index in [1.165, 1.54) is 0 Å². The van der Waals surface area contributed by atoms with Crippen molar-refractivity contribution >= 4 is 5.96 Å². The van der Waals surface area contributed by atoms with E-state index in [0.29, 0.717) is 30.4 Å². The Labute approximate surface area is 113 Å². The molecule has 5 nitrogen and oxygen atoms in total. The second-order valence-corrected chi connectivity index (χ2v) is 3.75. The molecule has 0 amide bonds. The molecule has 0 unspecified atom stereocenters. The number of phenols is 1. The Morgan fingerprint density at radius 3 is 2.89 bits per heavy atom. The average Bonchev–Trinajstić information content (AvgIpc) is 2.43. The lowest BCUT2D eigenvalue weighted by Crippen LogP contribution is -2.37. The molecule has 102 valence electrons. The summed E-state index contributed by atoms with van der Waals surface area (Å²) < 4.78 is 5.11. The van der Waals surface area contributed by atoms with Gasteiger partial charge in [-0.05, 0) is 25.1 Å². The van der Waals surface area contributed by atoms with Gasteiger partial charge in [-0.3, -0.25) is 0 Å². The third-order valence-electron chi connectivity index (χ3n) is 2.40. The number of methoxy groups -OCH3 is 1. The van der Waals surface area contributed by atoms with Gasteiger partial charge in [0.1, 0.15) is 11.5 Å². The molecule has 0 atom stereocenters. The van der Waals surface area contributed by atoms with Gasteiger partial charge in [0.05, 0.1) is 20.2 Å². The lowest BCUT2D eigenvalue weighted by molar-refractivity contribution is 0.411. The largest absolute Gasteiger partial charge is 0.508 e. The van der Waals surface area contributed by atoms with E-state index in [0.717, 1.165) is 6.54 Å². The molecule has 0 saturated heterocycles. The standard InChI is InChI=1S/C14H19N3O2/c1-4-8-16-14(15-5-2)17-10-11-9-12(19-3)6-7-13(11)18/h1,6-7,9,18H,5,8,10H2,2-3H3,(H2,15,16,17). The quantitative estimate of drug-likeness (QED) is 0.422. The van der Waals surface area contributed by atoms with Crippen molar-refractivity contribution < 1.29 is 9.84 Å². The van der Waals surface area contributed by atoms with E-state index in [4.69, 9.17) is 11.2 Å². The summed E-state index contributed by atoms with van der Waals surface area (Å²) in [4.78, 5) is 4.34. The third kappa shape index (κ3) is 4.80. The van der Waals surface area contributed by atoms with E-state index in [2.05, 4.69) is 21.5 Å². The lowest BCUT2D eigenvalue weighted by Gasteiger charge is -2.10. The number of aliphatic imine (C=N–C) groups is 1. The second-order valence-electron chi connectivity index (χ2n) is 3.75. The van der Waals surface area contributed by atoms with Crippen molar-refractivity contribution in [1.82, 2.24) is 10.6 Å². The molecule has 0 aliphatic carbocycles. The average molecular weight is 261 g/mol. The van der Waals surface area contributed by atoms with Crippen LogP contribution in [0.2, 0.25) is 0 Å². The predicted octanol–water partition coefficient (Wildman–Crippen LogP) is 1.09. The summed E-state index contributed by atoms with van der Waals surface area (Å²) in [6, 6.07) is 5.04. The van der Waals surface area contributed by atoms with Gasteiger partial charge >= 0.3 is 0 Å². The highest BCUT2D eigenvalue weighted by Gasteiger charge is 2.03. The summed E-state index contributed by atoms with van der Waals surface area (Å²) in [7, 11) is 1.58. The number of hydrogen-bond donors (Lipinski definition) is 3. The smallest absolute Gasteiger partial charge is 0.192 e. The van der Waals surface area contributed by atoms with Crippen molar-refractivity contribution in [2.24, 2.45) is 4.99 Å². The minimum atomic E-state index is 0.192. The summed E-state index contributed by atoms with van der Waals surface area (Å²) in [5.41, 5.74) is 0.692. The first kappa shape index (κ1) is 14.7. The summed E-state index contributed by atoms with van der Waals surface area (Å²) in [6.07, 6.45) is 5.19. The number of terminal acetylenes is 1. The molecule has 0 aliphatic rings. The minimum absolute atomic E-state index is 0.192. The van der Waals surface area contributed by atoms with Crippen LogP contribution in [0.15, 0.2) is 23.2 Å². The van der Waals surface area contributed by atoms with Gasteiger partial charge in [-0.15, -0.1) is 6.42 Å². The molecule has 1 aromatic carbocycles. The number of aromatic hydroxyl groups is 1. The maximum Gasteiger partial charge on any atom is 0.192 e. The molecule has 0 spiro atoms. The van der Waals surface area contributed by atoms with Crippen LogP contribution in [0.4, 0.5) is 0 Å². The van der Waals surface area contributed by atoms with Crippen molar-refractivity contribution in [1.29, 1.82) is 0 Å². The number of ether oxygens (including phenoxy) is 1. The Hall–Kier alpha value is -2.35. The van der Waals surface area contributed by atoms with Crippen LogP contribution in [-0.4, -0.2) is 31.3 Å². The van der Waals surface area contributed by atoms with Gasteiger partial charge in [-0.1, -0.05) is 5.92 Å². The Bertz CT molecular complexity index is 478. The molecule has 0 aliphatic heterocycles. The van der Waals surface area contributed by atoms with Crippen LogP contribution in [0.25, 0.3) is 0 Å². The monoisotopic (exact) mass is 261 g/mol. The number of guanidine groups is 1. The van der Waals surface area contributed by atoms with Crippen molar-refractivity contribution in [2.45, 2.75) is 13.5 Å². The number of benzene rings is 1. The van der Waals surface area contributed by atoms with E-state index in [9.17, 15) is 5.11 Å². The van der Waals surface area contributed by atoms with Crippen LogP contribution in [0.3, 0.4) is 0 Å². The Kier molecular flexibility index (Phi) is 6.10. The highest BCUT2D eigenvalue weighted by atomic mass is 16.5. The molecule has 0 saturated carbocycles. The summed E-state index contributed by atoms with van der Waals surface area (Å²) in [5, 5.41) is 15.8. The Morgan fingerprint density at radius 2 is 2.26 bits per heavy atom. The molecule has 0 aromatic heterocycles. The molecular weight excluding hydrogens is 242 g/mol. The van der Waals surface area contributed by atoms with E-state index < -0.39 is 0 Å². The first-order valence-corrected chi connectivity index (χ1v) is 6.02. The van der Waals surface area contributed by atoms with Crippen LogP contribution < -0.4 is 15.4 Å². The van der Waals surface area contributed by atoms with Crippen molar-refractivity contribution in [3.05, 3.63) is 23.8 Å². The Balaban J connectivity index is 2.78. The Morgan fingerprint density at radius 1 is 1.47 bits per heavy atom. The van der Waals surface area contributed by atoms with Gasteiger partial charge in [0, 0.05) is 12.1 Å². The zero-order chi connectivity index (χ0) is 14.1. The van der Waals surface area contributed by atoms with Gasteiger partial charge in [-0.25, -0.2) is 4.99 Å². The maximum absolute atomic E-state index is 9.75. The van der Waals surface area contributed by atoms with Crippen LogP contribution in [0.1, 0.15) is 12.5 Å². The van der Waals surface area contributed by atoms with Crippen LogP contribution in [0.5, 0.6) is 11.5 Å². The van der Waals surface area contributed by atoms with Crippen LogP contribution in [0, 0.1) is 12.3 Å². The van der Waals surface area contributed by atoms with E-state index >= 15 is 0 Å². The van der Waals surface area contributed by atoms with Crippen molar-refractivity contribution in [2.75, 3.05) is 20.2 Å². The van der Waals surface area contributed by atoms with E-state index in [1.54, 1.807) is 25.3 Å². The zero-order valence-electron chi connectivity index (χ0n) is 11.2. The van der Waals surface area contributed by atoms with Crippen molar-refractivity contribution in [3.8, 4) is 23.8 Å². The lowest BCUT2D eigenvalue weighted by atomic mass is 10.2. The maximum atomic E-state index is 9.75. The van der Waals surface area contributed by atoms with E-state index in [-0.39, 0.29) is 5.75 Å². The molecule has 19 heavy (non-hydrogen) atoms. The summed E-state index contributed by atoms with van der Waals surface area (Å²) in [6.45, 7) is 3.44. The molecule has 0 fully saturated rings. The van der Waals surface area contributed by atoms with Gasteiger partial charge in [0.25, 0.3) is 0 Å². The molecular formula is C14H19N3O2. The summed E-state index contributed by atoms with van der Waals surface area (Å²) in [5.74, 6) is 3.97. The number of nitrogens with one attached hydrogen (secondary N) is 2. The second kappa shape index (κ2) is 7.88. The molecule has 1 rings (SSSR count). The molecule has 5 heteroatoms. The van der Waals surface area contributed by atoms with Crippen LogP contribution in [-0.2, 0) is 6.54 Å². The number of rotatable bonds is 5. The fraction of sp³-hybridized carbons (Fsp3) is 0.357. The third-order valence-corrected chi connectivity index (χ3v) is 2.40. The SMILES string of the molecule is C#CCNC(=NCc1cc(OC)ccc1O)NCC. The normalized spacial score (nSPS) is 10.7. The minimum Gasteiger partial charge on any atom is -0.508 e. The fourth-order valence-corrected chi connectivity index (χ4v) is 1.46. The van der Waals surface area contributed by atoms with Gasteiger partial charge < -0.3 is 20.5 Å². The number of nitrogens with zero attached hydrogens (tertiary/aromatic N) is 1. The molecule has 0 heterocycles. The molecule has 1 aromatic rings. The van der Waals surface area contributed by atoms with Crippen molar-refractivity contribution in [3.63, 3.8) is 0 Å². The van der Waals surface area contributed by atoms with E-state index in [1.807, 2.05) is 6.92 Å². The highest BCUT2D eigenvalue weighted by Crippen LogP contribution is 2.23. The number of hydrogen-bond acceptors (Lipinski definition) is 3. The molecule has 0 bridgehead atoms. The highest BCUT2D eigenvalue weighted by molar-refractivity contribution is 5.80. The zero-order valence-corrected chi connectivity index (χ0v) is 11.2. The fourth-order valence-electron chi connectivity index (χ4n) is 1.46. The molecule has 0 radical (unpaired) electrons. The number of phenolic OH excluding ortho intramolecular Hbond substituents is 1. The van der Waals surface area contributed by atoms with Gasteiger partial charge in [-0.2, -0.15) is 0 Å². The van der Waals surface area contributed by atoms with Gasteiger partial charge in [0.15, 0.2) is 5.96 Å². The first-order chi connectivity index (χ1) is 9.21.